The molecule has 4 nitrogen and oxygen atoms in total. The van der Waals surface area contributed by atoms with Gasteiger partial charge in [-0.25, -0.2) is 4.79 Å². The molecule has 0 radical (unpaired) electrons. The predicted molar refractivity (Wildman–Crippen MR) is 63.8 cm³/mol. The van der Waals surface area contributed by atoms with E-state index < -0.39 is 0 Å². The van der Waals surface area contributed by atoms with Crippen LogP contribution >= 0.6 is 0 Å². The number of nitriles is 1. The number of hydrogen-bond donors (Lipinski definition) is 0. The number of aryl methyl sites for hydroxylation is 2. The molecule has 1 aromatic rings. The highest BCUT2D eigenvalue weighted by atomic mass is 16.6. The van der Waals surface area contributed by atoms with E-state index in [2.05, 4.69) is 0 Å². The Hall–Kier alpha value is -2.02. The van der Waals surface area contributed by atoms with E-state index in [1.807, 2.05) is 38.1 Å². The van der Waals surface area contributed by atoms with Gasteiger partial charge in [0.15, 0.2) is 0 Å². The molecule has 0 spiro atoms. The average Bonchev–Trinajstić information content (AvgIpc) is 2.64. The molecule has 1 amide bonds. The minimum Gasteiger partial charge on any atom is -0.443 e. The molecule has 17 heavy (non-hydrogen) atoms. The second-order valence-corrected chi connectivity index (χ2v) is 4.25. The molecule has 1 unspecified atom stereocenters. The van der Waals surface area contributed by atoms with Crippen molar-refractivity contribution in [3.05, 3.63) is 29.3 Å². The monoisotopic (exact) mass is 230 g/mol. The van der Waals surface area contributed by atoms with E-state index in [0.717, 1.165) is 11.3 Å². The minimum atomic E-state index is -0.367. The van der Waals surface area contributed by atoms with Gasteiger partial charge < -0.3 is 4.74 Å². The van der Waals surface area contributed by atoms with Gasteiger partial charge in [-0.2, -0.15) is 5.26 Å². The van der Waals surface area contributed by atoms with Gasteiger partial charge in [-0.3, -0.25) is 4.90 Å². The standard InChI is InChI=1S/C13H14N2O2/c1-9-3-4-11(7-10(9)2)15-8-12(5-6-14)17-13(15)16/h3-4,7,12H,5,8H2,1-2H3. The Kier molecular flexibility index (Phi) is 3.01. The van der Waals surface area contributed by atoms with E-state index in [0.29, 0.717) is 6.54 Å². The molecule has 1 aliphatic rings. The van der Waals surface area contributed by atoms with Gasteiger partial charge in [-0.1, -0.05) is 6.07 Å². The zero-order chi connectivity index (χ0) is 12.4. The number of hydrogen-bond acceptors (Lipinski definition) is 3. The lowest BCUT2D eigenvalue weighted by atomic mass is 10.1. The van der Waals surface area contributed by atoms with Gasteiger partial charge in [0.2, 0.25) is 0 Å². The third-order valence-electron chi connectivity index (χ3n) is 3.00. The lowest BCUT2D eigenvalue weighted by Crippen LogP contribution is -2.24. The van der Waals surface area contributed by atoms with Crippen LogP contribution in [0.15, 0.2) is 18.2 Å². The number of carbonyl (C=O) groups excluding carboxylic acids is 1. The van der Waals surface area contributed by atoms with Crippen molar-refractivity contribution in [2.45, 2.75) is 26.4 Å². The molecular formula is C13H14N2O2. The molecule has 1 heterocycles. The van der Waals surface area contributed by atoms with Crippen molar-refractivity contribution in [1.29, 1.82) is 5.26 Å². The summed E-state index contributed by atoms with van der Waals surface area (Å²) < 4.78 is 5.10. The van der Waals surface area contributed by atoms with E-state index >= 15 is 0 Å². The van der Waals surface area contributed by atoms with Crippen LogP contribution < -0.4 is 4.90 Å². The van der Waals surface area contributed by atoms with Crippen LogP contribution in [0.1, 0.15) is 17.5 Å². The molecule has 1 aromatic carbocycles. The van der Waals surface area contributed by atoms with Crippen LogP contribution in [0.2, 0.25) is 0 Å². The number of ether oxygens (including phenoxy) is 1. The Morgan fingerprint density at radius 1 is 1.47 bits per heavy atom. The summed E-state index contributed by atoms with van der Waals surface area (Å²) in [5.41, 5.74) is 3.16. The highest BCUT2D eigenvalue weighted by molar-refractivity contribution is 5.89. The molecule has 1 fully saturated rings. The first-order valence-corrected chi connectivity index (χ1v) is 5.54. The first-order valence-electron chi connectivity index (χ1n) is 5.54. The maximum Gasteiger partial charge on any atom is 0.414 e. The molecule has 88 valence electrons. The van der Waals surface area contributed by atoms with Crippen LogP contribution in [-0.2, 0) is 4.74 Å². The zero-order valence-corrected chi connectivity index (χ0v) is 9.93. The summed E-state index contributed by atoms with van der Waals surface area (Å²) >= 11 is 0. The number of benzene rings is 1. The molecule has 4 heteroatoms. The van der Waals surface area contributed by atoms with Crippen molar-refractivity contribution in [1.82, 2.24) is 0 Å². The number of anilines is 1. The Morgan fingerprint density at radius 2 is 2.24 bits per heavy atom. The molecule has 1 atom stereocenters. The summed E-state index contributed by atoms with van der Waals surface area (Å²) in [5.74, 6) is 0. The lowest BCUT2D eigenvalue weighted by molar-refractivity contribution is 0.143. The second kappa shape index (κ2) is 4.46. The molecule has 2 rings (SSSR count). The third kappa shape index (κ3) is 2.23. The van der Waals surface area contributed by atoms with Crippen LogP contribution in [0.25, 0.3) is 0 Å². The van der Waals surface area contributed by atoms with Gasteiger partial charge >= 0.3 is 6.09 Å². The van der Waals surface area contributed by atoms with Crippen LogP contribution in [0.5, 0.6) is 0 Å². The van der Waals surface area contributed by atoms with E-state index in [-0.39, 0.29) is 18.6 Å². The maximum atomic E-state index is 11.7. The molecule has 0 bridgehead atoms. The molecule has 1 saturated heterocycles. The Labute approximate surface area is 100 Å². The van der Waals surface area contributed by atoms with Crippen molar-refractivity contribution >= 4 is 11.8 Å². The summed E-state index contributed by atoms with van der Waals surface area (Å²) in [6, 6.07) is 7.87. The summed E-state index contributed by atoms with van der Waals surface area (Å²) in [7, 11) is 0. The fraction of sp³-hybridized carbons (Fsp3) is 0.385. The van der Waals surface area contributed by atoms with Crippen LogP contribution in [0.4, 0.5) is 10.5 Å². The maximum absolute atomic E-state index is 11.7. The molecular weight excluding hydrogens is 216 g/mol. The van der Waals surface area contributed by atoms with Crippen LogP contribution in [0, 0.1) is 25.2 Å². The number of rotatable bonds is 2. The largest absolute Gasteiger partial charge is 0.443 e. The smallest absolute Gasteiger partial charge is 0.414 e. The second-order valence-electron chi connectivity index (χ2n) is 4.25. The van der Waals surface area contributed by atoms with Crippen molar-refractivity contribution in [2.75, 3.05) is 11.4 Å². The van der Waals surface area contributed by atoms with E-state index in [4.69, 9.17) is 10.00 Å². The summed E-state index contributed by atoms with van der Waals surface area (Å²) in [5, 5.41) is 8.59. The van der Waals surface area contributed by atoms with Crippen molar-refractivity contribution in [3.63, 3.8) is 0 Å². The molecule has 0 N–H and O–H groups in total. The van der Waals surface area contributed by atoms with E-state index in [1.54, 1.807) is 4.90 Å². The van der Waals surface area contributed by atoms with Gasteiger partial charge in [0.25, 0.3) is 0 Å². The quantitative estimate of drug-likeness (QED) is 0.784. The molecule has 0 aromatic heterocycles. The normalized spacial score (nSPS) is 19.0. The first kappa shape index (κ1) is 11.5. The highest BCUT2D eigenvalue weighted by Gasteiger charge is 2.32. The van der Waals surface area contributed by atoms with E-state index in [9.17, 15) is 4.79 Å². The fourth-order valence-electron chi connectivity index (χ4n) is 1.83. The van der Waals surface area contributed by atoms with Crippen LogP contribution in [0.3, 0.4) is 0 Å². The number of carbonyl (C=O) groups is 1. The Morgan fingerprint density at radius 3 is 2.88 bits per heavy atom. The van der Waals surface area contributed by atoms with Crippen molar-refractivity contribution < 1.29 is 9.53 Å². The van der Waals surface area contributed by atoms with Gasteiger partial charge in [-0.15, -0.1) is 0 Å². The number of cyclic esters (lactones) is 1. The third-order valence-corrected chi connectivity index (χ3v) is 3.00. The molecule has 0 aliphatic carbocycles. The first-order chi connectivity index (χ1) is 8.11. The number of nitrogens with zero attached hydrogens (tertiary/aromatic N) is 2. The predicted octanol–water partition coefficient (Wildman–Crippen LogP) is 2.54. The van der Waals surface area contributed by atoms with Gasteiger partial charge in [-0.05, 0) is 37.1 Å². The summed E-state index contributed by atoms with van der Waals surface area (Å²) in [6.07, 6.45) is -0.435. The Bertz CT molecular complexity index is 491. The van der Waals surface area contributed by atoms with Crippen molar-refractivity contribution in [2.24, 2.45) is 0 Å². The Balaban J connectivity index is 2.20. The topological polar surface area (TPSA) is 53.3 Å². The van der Waals surface area contributed by atoms with Gasteiger partial charge in [0, 0.05) is 5.69 Å². The average molecular weight is 230 g/mol. The van der Waals surface area contributed by atoms with E-state index in [1.165, 1.54) is 5.56 Å². The summed E-state index contributed by atoms with van der Waals surface area (Å²) in [4.78, 5) is 13.2. The molecule has 0 saturated carbocycles. The SMILES string of the molecule is Cc1ccc(N2CC(CC#N)OC2=O)cc1C. The lowest BCUT2D eigenvalue weighted by Gasteiger charge is -2.14. The molecule has 1 aliphatic heterocycles. The number of amides is 1. The van der Waals surface area contributed by atoms with Crippen LogP contribution in [-0.4, -0.2) is 18.7 Å². The van der Waals surface area contributed by atoms with Gasteiger partial charge in [0.1, 0.15) is 6.10 Å². The van der Waals surface area contributed by atoms with Gasteiger partial charge in [0.05, 0.1) is 19.0 Å². The highest BCUT2D eigenvalue weighted by Crippen LogP contribution is 2.24. The fourth-order valence-corrected chi connectivity index (χ4v) is 1.83. The minimum absolute atomic E-state index is 0.243. The van der Waals surface area contributed by atoms with Crippen molar-refractivity contribution in [3.8, 4) is 6.07 Å². The summed E-state index contributed by atoms with van der Waals surface area (Å²) in [6.45, 7) is 4.49. The zero-order valence-electron chi connectivity index (χ0n) is 9.93.